The third kappa shape index (κ3) is 5.42. The number of carbonyl (C=O) groups excluding carboxylic acids is 3. The molecule has 0 unspecified atom stereocenters. The summed E-state index contributed by atoms with van der Waals surface area (Å²) in [6.45, 7) is 7.69. The van der Waals surface area contributed by atoms with E-state index in [4.69, 9.17) is 4.74 Å². The molecule has 0 saturated heterocycles. The van der Waals surface area contributed by atoms with Gasteiger partial charge in [-0.2, -0.15) is 0 Å². The Hall–Kier alpha value is -3.35. The minimum absolute atomic E-state index is 0.0192. The Morgan fingerprint density at radius 1 is 1.06 bits per heavy atom. The van der Waals surface area contributed by atoms with Crippen LogP contribution in [0.2, 0.25) is 0 Å². The van der Waals surface area contributed by atoms with E-state index < -0.39 is 12.1 Å². The lowest BCUT2D eigenvalue weighted by Crippen LogP contribution is -2.43. The fraction of sp³-hybridized carbons (Fsp3) is 0.375. The maximum Gasteiger partial charge on any atom is 0.338 e. The quantitative estimate of drug-likeness (QED) is 0.697. The predicted octanol–water partition coefficient (Wildman–Crippen LogP) is 3.42. The van der Waals surface area contributed by atoms with Crippen LogP contribution >= 0.6 is 0 Å². The molecule has 1 aliphatic heterocycles. The van der Waals surface area contributed by atoms with Crippen molar-refractivity contribution in [3.8, 4) is 0 Å². The number of para-hydroxylation sites is 1. The van der Waals surface area contributed by atoms with Crippen LogP contribution in [0.25, 0.3) is 0 Å². The van der Waals surface area contributed by atoms with Crippen LogP contribution in [0.3, 0.4) is 0 Å². The summed E-state index contributed by atoms with van der Waals surface area (Å²) in [6, 6.07) is 14.4. The summed E-state index contributed by atoms with van der Waals surface area (Å²) in [5.41, 5.74) is 3.20. The second kappa shape index (κ2) is 9.64. The Labute approximate surface area is 182 Å². The molecule has 0 aliphatic carbocycles. The molecule has 7 nitrogen and oxygen atoms in total. The number of fused-ring (bicyclic) bond motifs is 1. The number of hydrogen-bond acceptors (Lipinski definition) is 4. The summed E-state index contributed by atoms with van der Waals surface area (Å²) in [5, 5.41) is 5.50. The van der Waals surface area contributed by atoms with Crippen molar-refractivity contribution < 1.29 is 19.1 Å². The highest BCUT2D eigenvalue weighted by atomic mass is 16.5. The summed E-state index contributed by atoms with van der Waals surface area (Å²) in [7, 11) is 0. The lowest BCUT2D eigenvalue weighted by molar-refractivity contribution is -0.126. The van der Waals surface area contributed by atoms with Gasteiger partial charge in [-0.25, -0.2) is 9.59 Å². The number of nitrogens with zero attached hydrogens (tertiary/aromatic N) is 1. The largest absolute Gasteiger partial charge is 0.449 e. The zero-order valence-corrected chi connectivity index (χ0v) is 18.3. The smallest absolute Gasteiger partial charge is 0.338 e. The zero-order valence-electron chi connectivity index (χ0n) is 18.3. The van der Waals surface area contributed by atoms with Crippen LogP contribution in [0.4, 0.5) is 10.5 Å². The highest BCUT2D eigenvalue weighted by Crippen LogP contribution is 2.32. The van der Waals surface area contributed by atoms with Crippen molar-refractivity contribution in [2.24, 2.45) is 0 Å². The van der Waals surface area contributed by atoms with E-state index in [2.05, 4.69) is 10.6 Å². The molecule has 0 saturated carbocycles. The van der Waals surface area contributed by atoms with Gasteiger partial charge in [-0.05, 0) is 63.4 Å². The fourth-order valence-corrected chi connectivity index (χ4v) is 3.63. The van der Waals surface area contributed by atoms with Gasteiger partial charge < -0.3 is 20.3 Å². The van der Waals surface area contributed by atoms with E-state index in [9.17, 15) is 14.4 Å². The first-order valence-electron chi connectivity index (χ1n) is 10.5. The van der Waals surface area contributed by atoms with Gasteiger partial charge in [0, 0.05) is 24.3 Å². The monoisotopic (exact) mass is 423 g/mol. The van der Waals surface area contributed by atoms with Crippen molar-refractivity contribution >= 4 is 23.6 Å². The third-order valence-electron chi connectivity index (χ3n) is 5.14. The Balaban J connectivity index is 1.57. The lowest BCUT2D eigenvalue weighted by Gasteiger charge is -2.26. The van der Waals surface area contributed by atoms with Crippen molar-refractivity contribution in [2.45, 2.75) is 58.8 Å². The molecule has 2 aromatic carbocycles. The number of urea groups is 1. The van der Waals surface area contributed by atoms with E-state index in [1.54, 1.807) is 36.1 Å². The molecular formula is C24H29N3O4. The molecule has 0 bridgehead atoms. The normalized spacial score (nSPS) is 15.9. The van der Waals surface area contributed by atoms with Crippen LogP contribution in [0.15, 0.2) is 48.5 Å². The molecule has 7 heteroatoms. The first-order valence-corrected chi connectivity index (χ1v) is 10.5. The average Bonchev–Trinajstić information content (AvgIpc) is 3.07. The number of nitrogens with one attached hydrogen (secondary N) is 2. The summed E-state index contributed by atoms with van der Waals surface area (Å²) in [5.74, 6) is -0.791. The van der Waals surface area contributed by atoms with Gasteiger partial charge in [-0.3, -0.25) is 4.79 Å². The number of benzene rings is 2. The van der Waals surface area contributed by atoms with E-state index in [0.717, 1.165) is 23.2 Å². The number of hydrogen-bond donors (Lipinski definition) is 2. The minimum Gasteiger partial charge on any atom is -0.449 e. The van der Waals surface area contributed by atoms with E-state index in [-0.39, 0.29) is 24.0 Å². The van der Waals surface area contributed by atoms with Gasteiger partial charge in [0.05, 0.1) is 5.56 Å². The van der Waals surface area contributed by atoms with Gasteiger partial charge >= 0.3 is 12.0 Å². The second-order valence-corrected chi connectivity index (χ2v) is 8.12. The van der Waals surface area contributed by atoms with Crippen molar-refractivity contribution in [3.63, 3.8) is 0 Å². The third-order valence-corrected chi connectivity index (χ3v) is 5.14. The highest BCUT2D eigenvalue weighted by molar-refractivity contribution is 6.00. The van der Waals surface area contributed by atoms with Crippen LogP contribution < -0.4 is 15.5 Å². The molecule has 0 radical (unpaired) electrons. The summed E-state index contributed by atoms with van der Waals surface area (Å²) < 4.78 is 5.45. The van der Waals surface area contributed by atoms with Gasteiger partial charge in [-0.15, -0.1) is 0 Å². The number of anilines is 1. The molecule has 3 rings (SSSR count). The first-order chi connectivity index (χ1) is 14.8. The molecule has 2 aromatic rings. The molecule has 31 heavy (non-hydrogen) atoms. The van der Waals surface area contributed by atoms with Gasteiger partial charge in [0.15, 0.2) is 6.10 Å². The number of amides is 3. The van der Waals surface area contributed by atoms with E-state index >= 15 is 0 Å². The number of carbonyl (C=O) groups is 3. The molecule has 3 amide bonds. The van der Waals surface area contributed by atoms with Crippen LogP contribution in [0, 0.1) is 0 Å². The number of esters is 1. The van der Waals surface area contributed by atoms with E-state index in [1.165, 1.54) is 0 Å². The topological polar surface area (TPSA) is 87.7 Å². The fourth-order valence-electron chi connectivity index (χ4n) is 3.63. The zero-order chi connectivity index (χ0) is 22.5. The van der Waals surface area contributed by atoms with E-state index in [0.29, 0.717) is 12.1 Å². The van der Waals surface area contributed by atoms with Crippen LogP contribution in [-0.2, 0) is 22.5 Å². The molecule has 2 N–H and O–H groups in total. The second-order valence-electron chi connectivity index (χ2n) is 8.12. The molecule has 1 aliphatic rings. The molecule has 0 aromatic heterocycles. The maximum atomic E-state index is 13.0. The summed E-state index contributed by atoms with van der Waals surface area (Å²) >= 11 is 0. The van der Waals surface area contributed by atoms with E-state index in [1.807, 2.05) is 45.0 Å². The molecule has 0 fully saturated rings. The van der Waals surface area contributed by atoms with Crippen LogP contribution in [0.1, 0.15) is 49.2 Å². The van der Waals surface area contributed by atoms with Crippen molar-refractivity contribution in [1.29, 1.82) is 0 Å². The van der Waals surface area contributed by atoms with Gasteiger partial charge in [0.2, 0.25) is 0 Å². The lowest BCUT2D eigenvalue weighted by atomic mass is 10.1. The number of rotatable bonds is 6. The Morgan fingerprint density at radius 3 is 2.42 bits per heavy atom. The minimum atomic E-state index is -0.901. The van der Waals surface area contributed by atoms with Gasteiger partial charge in [0.1, 0.15) is 0 Å². The maximum absolute atomic E-state index is 13.0. The highest BCUT2D eigenvalue weighted by Gasteiger charge is 2.34. The Morgan fingerprint density at radius 2 is 1.74 bits per heavy atom. The Bertz CT molecular complexity index is 956. The first kappa shape index (κ1) is 22.3. The van der Waals surface area contributed by atoms with Crippen LogP contribution in [-0.4, -0.2) is 36.1 Å². The van der Waals surface area contributed by atoms with Crippen molar-refractivity contribution in [3.05, 3.63) is 65.2 Å². The van der Waals surface area contributed by atoms with Crippen molar-refractivity contribution in [2.75, 3.05) is 4.90 Å². The molecule has 1 heterocycles. The Kier molecular flexibility index (Phi) is 6.95. The summed E-state index contributed by atoms with van der Waals surface area (Å²) in [6.07, 6.45) is -0.116. The number of ether oxygens (including phenoxy) is 1. The average molecular weight is 424 g/mol. The van der Waals surface area contributed by atoms with Crippen molar-refractivity contribution in [1.82, 2.24) is 10.6 Å². The molecule has 164 valence electrons. The summed E-state index contributed by atoms with van der Waals surface area (Å²) in [4.78, 5) is 38.9. The molecular weight excluding hydrogens is 394 g/mol. The molecule has 0 spiro atoms. The predicted molar refractivity (Wildman–Crippen MR) is 119 cm³/mol. The van der Waals surface area contributed by atoms with Crippen LogP contribution in [0.5, 0.6) is 0 Å². The van der Waals surface area contributed by atoms with Gasteiger partial charge in [0.25, 0.3) is 5.91 Å². The standard InChI is InChI=1S/C24H29N3O4/c1-15(2)26-24(30)25-14-18-9-11-19(12-10-18)23(29)31-17(4)22(28)27-16(3)13-20-7-5-6-8-21(20)27/h5-12,15-17H,13-14H2,1-4H3,(H2,25,26,30)/t16-,17-/m1/s1. The molecule has 2 atom stereocenters. The SMILES string of the molecule is CC(C)NC(=O)NCc1ccc(C(=O)O[C@H](C)C(=O)N2c3ccccc3C[C@H]2C)cc1. The van der Waals surface area contributed by atoms with Gasteiger partial charge in [-0.1, -0.05) is 30.3 Å².